The van der Waals surface area contributed by atoms with Crippen molar-refractivity contribution in [3.63, 3.8) is 0 Å². The van der Waals surface area contributed by atoms with Gasteiger partial charge in [0, 0.05) is 66.1 Å². The zero-order valence-electron chi connectivity index (χ0n) is 35.9. The second kappa shape index (κ2) is 26.4. The maximum absolute atomic E-state index is 11.8. The molecule has 0 bridgehead atoms. The van der Waals surface area contributed by atoms with Gasteiger partial charge in [-0.25, -0.2) is 8.42 Å². The highest BCUT2D eigenvalue weighted by molar-refractivity contribution is 7.89. The van der Waals surface area contributed by atoms with Gasteiger partial charge in [-0.2, -0.15) is 0 Å². The number of aliphatic hydroxyl groups excluding tert-OH is 6. The summed E-state index contributed by atoms with van der Waals surface area (Å²) in [5.41, 5.74) is 0. The quantitative estimate of drug-likeness (QED) is 0.0140. The molecule has 2 saturated heterocycles. The van der Waals surface area contributed by atoms with Gasteiger partial charge in [0.15, 0.2) is 24.9 Å². The number of aliphatic hydroxyl groups is 6. The van der Waals surface area contributed by atoms with Crippen molar-refractivity contribution in [1.82, 2.24) is 10.6 Å². The molecule has 0 aromatic carbocycles. The lowest BCUT2D eigenvalue weighted by atomic mass is 9.80. The third-order valence-corrected chi connectivity index (χ3v) is 11.8. The van der Waals surface area contributed by atoms with Gasteiger partial charge >= 0.3 is 0 Å². The van der Waals surface area contributed by atoms with E-state index in [0.717, 1.165) is 14.0 Å². The maximum atomic E-state index is 11.8. The lowest BCUT2D eigenvalue weighted by Gasteiger charge is -2.48. The number of nitrogens with one attached hydrogen (secondary N) is 2. The molecule has 66 heavy (non-hydrogen) atoms. The Morgan fingerprint density at radius 1 is 0.667 bits per heavy atom. The number of hydrogen-bond acceptors (Lipinski definition) is 29. The normalized spacial score (nSPS) is 39.5. The van der Waals surface area contributed by atoms with E-state index in [2.05, 4.69) is 24.2 Å². The van der Waals surface area contributed by atoms with Crippen molar-refractivity contribution in [1.29, 1.82) is 0 Å². The first-order valence-corrected chi connectivity index (χ1v) is 21.6. The Labute approximate surface area is 380 Å². The molecule has 8 unspecified atom stereocenters. The van der Waals surface area contributed by atoms with E-state index in [-0.39, 0.29) is 18.7 Å². The van der Waals surface area contributed by atoms with Gasteiger partial charge in [-0.3, -0.25) is 23.0 Å². The fourth-order valence-electron chi connectivity index (χ4n) is 8.04. The summed E-state index contributed by atoms with van der Waals surface area (Å²) in [6, 6.07) is -2.33. The predicted molar refractivity (Wildman–Crippen MR) is 199 cm³/mol. The number of methoxy groups -OCH3 is 4. The third kappa shape index (κ3) is 14.9. The van der Waals surface area contributed by atoms with Gasteiger partial charge in [0.2, 0.25) is 22.2 Å². The first-order valence-electron chi connectivity index (χ1n) is 19.6. The highest BCUT2D eigenvalue weighted by Gasteiger charge is 2.54. The SMILES string of the molecule is CO[C@@H]1OC(CO)[C@H](OSOO[O-])[C@H](O[C@@H]2CC(C(=O)[O-])[C@@H](OC)[C@H](O)C2O)C1NC(C)=O.CO[C@@H]1OC(COS(=O)(=O)[O-])[C@H](O)[C@H](O[C@@H]2CC(C(=O)[O-])[C@@H](OC)[C@H](O)C2O)C1NC(C)=O. The Morgan fingerprint density at radius 2 is 1.11 bits per heavy atom. The van der Waals surface area contributed by atoms with Gasteiger partial charge in [0.25, 0.3) is 0 Å². The summed E-state index contributed by atoms with van der Waals surface area (Å²) in [5.74, 6) is -6.95. The van der Waals surface area contributed by atoms with Gasteiger partial charge in [-0.05, 0) is 12.8 Å². The Kier molecular flexibility index (Phi) is 23.1. The van der Waals surface area contributed by atoms with Crippen LogP contribution in [-0.2, 0) is 85.2 Å². The van der Waals surface area contributed by atoms with Gasteiger partial charge in [0.1, 0.15) is 73.1 Å². The van der Waals surface area contributed by atoms with E-state index >= 15 is 0 Å². The minimum absolute atomic E-state index is 0.0899. The molecule has 4 aliphatic rings. The topological polar surface area (TPSA) is 451 Å². The average Bonchev–Trinajstić information content (AvgIpc) is 3.25. The molecule has 2 aliphatic heterocycles. The van der Waals surface area contributed by atoms with E-state index in [1.807, 2.05) is 0 Å². The van der Waals surface area contributed by atoms with E-state index in [1.54, 1.807) is 0 Å². The van der Waals surface area contributed by atoms with Crippen molar-refractivity contribution in [3.05, 3.63) is 0 Å². The van der Waals surface area contributed by atoms with Crippen molar-refractivity contribution in [2.45, 2.75) is 137 Å². The largest absolute Gasteiger partial charge is 0.726 e. The van der Waals surface area contributed by atoms with Crippen LogP contribution in [0, 0.1) is 11.8 Å². The van der Waals surface area contributed by atoms with Gasteiger partial charge in [-0.15, -0.1) is 4.33 Å². The molecule has 0 radical (unpaired) electrons. The maximum Gasteiger partial charge on any atom is 0.217 e. The zero-order valence-corrected chi connectivity index (χ0v) is 37.5. The summed E-state index contributed by atoms with van der Waals surface area (Å²) in [4.78, 5) is 46.6. The fourth-order valence-corrected chi connectivity index (χ4v) is 8.72. The molecule has 8 N–H and O–H groups in total. The lowest BCUT2D eigenvalue weighted by molar-refractivity contribution is -0.777. The standard InChI is InChI=1S/2C17H29NO14S/c1-6(20)18-10-15(14(30-33-32-31-25)9(5-19)29-17(10)27-3)28-8-4-7(16(23)24)13(26-2)12(22)11(8)21;1-6(19)18-10-15(12(21)9(32-17(10)29-3)5-30-33(25,26)27)31-8-4-7(16(23)24)14(28-2)13(22)11(8)20/h7-15,17,19,21-22,25H,4-5H2,1-3H3,(H,18,20)(H,23,24);7-15,17,20-22H,4-5H2,1-3H3,(H,18,19)(H,23,24)(H,25,26,27)/p-4/t7?,8-,9?,10?,11?,12-,13-,14+,15-,17-;7?,8-,9?,10?,11?,12+,13-,14-,15-,17-/m11/s1. The number of amides is 2. The van der Waals surface area contributed by atoms with Crippen LogP contribution in [0.25, 0.3) is 0 Å². The summed E-state index contributed by atoms with van der Waals surface area (Å²) >= 11 is 0.0899. The molecule has 384 valence electrons. The molecule has 2 amide bonds. The highest BCUT2D eigenvalue weighted by atomic mass is 32.3. The summed E-state index contributed by atoms with van der Waals surface area (Å²) < 4.78 is 89.0. The van der Waals surface area contributed by atoms with Crippen LogP contribution >= 0.6 is 12.3 Å². The second-order valence-corrected chi connectivity index (χ2v) is 16.6. The molecule has 4 rings (SSSR count). The Hall–Kier alpha value is -2.62. The number of rotatable bonds is 20. The van der Waals surface area contributed by atoms with Crippen LogP contribution in [0.5, 0.6) is 0 Å². The monoisotopic (exact) mass is 1000 g/mol. The number of carbonyl (C=O) groups excluding carboxylic acids is 4. The average molecular weight is 1000 g/mol. The molecule has 0 aromatic heterocycles. The van der Waals surface area contributed by atoms with Crippen molar-refractivity contribution in [2.24, 2.45) is 11.8 Å². The minimum atomic E-state index is -5.14. The molecule has 2 heterocycles. The number of aliphatic carboxylic acids is 2. The molecule has 20 atom stereocenters. The molecule has 30 nitrogen and oxygen atoms in total. The Morgan fingerprint density at radius 3 is 1.48 bits per heavy atom. The molecular formula is C34H54N2O28S2-4. The molecule has 0 aromatic rings. The summed E-state index contributed by atoms with van der Waals surface area (Å²) in [7, 11) is -0.381. The Balaban J connectivity index is 0.000000350. The number of carboxylic acid groups (broad SMARTS) is 2. The van der Waals surface area contributed by atoms with E-state index in [0.29, 0.717) is 0 Å². The van der Waals surface area contributed by atoms with Crippen LogP contribution < -0.4 is 26.1 Å². The zero-order chi connectivity index (χ0) is 49.8. The van der Waals surface area contributed by atoms with Crippen molar-refractivity contribution in [3.8, 4) is 0 Å². The van der Waals surface area contributed by atoms with E-state index in [1.165, 1.54) is 28.3 Å². The smallest absolute Gasteiger partial charge is 0.217 e. The van der Waals surface area contributed by atoms with Crippen molar-refractivity contribution in [2.75, 3.05) is 41.7 Å². The minimum Gasteiger partial charge on any atom is -0.726 e. The lowest BCUT2D eigenvalue weighted by Crippen LogP contribution is -2.67. The summed E-state index contributed by atoms with van der Waals surface area (Å²) in [6.07, 6.45) is -23.5. The van der Waals surface area contributed by atoms with Crippen LogP contribution in [0.2, 0.25) is 0 Å². The van der Waals surface area contributed by atoms with Crippen molar-refractivity contribution >= 4 is 46.5 Å². The van der Waals surface area contributed by atoms with E-state index < -0.39 is 176 Å². The highest BCUT2D eigenvalue weighted by Crippen LogP contribution is 2.36. The van der Waals surface area contributed by atoms with Crippen LogP contribution in [0.3, 0.4) is 0 Å². The molecule has 4 fully saturated rings. The van der Waals surface area contributed by atoms with E-state index in [4.69, 9.17) is 42.1 Å². The number of carbonyl (C=O) groups is 4. The molecule has 32 heteroatoms. The summed E-state index contributed by atoms with van der Waals surface area (Å²) in [6.45, 7) is 0.793. The van der Waals surface area contributed by atoms with Crippen LogP contribution in [0.1, 0.15) is 26.7 Å². The molecule has 2 aliphatic carbocycles. The summed E-state index contributed by atoms with van der Waals surface area (Å²) in [5, 5.41) is 104. The molecular weight excluding hydrogens is 948 g/mol. The van der Waals surface area contributed by atoms with Gasteiger partial charge < -0.3 is 109 Å². The molecule has 0 spiro atoms. The first-order chi connectivity index (χ1) is 31.0. The van der Waals surface area contributed by atoms with Gasteiger partial charge in [0.05, 0.1) is 37.6 Å². The number of ether oxygens (including phenoxy) is 8. The fraction of sp³-hybridized carbons (Fsp3) is 0.882. The first kappa shape index (κ1) is 57.7. The van der Waals surface area contributed by atoms with E-state index in [9.17, 15) is 78.3 Å². The Bertz CT molecular complexity index is 1670. The third-order valence-electron chi connectivity index (χ3n) is 11.0. The van der Waals surface area contributed by atoms with Crippen molar-refractivity contribution < 1.29 is 134 Å². The van der Waals surface area contributed by atoms with Crippen LogP contribution in [0.15, 0.2) is 0 Å². The second-order valence-electron chi connectivity index (χ2n) is 15.1. The predicted octanol–water partition coefficient (Wildman–Crippen LogP) is -9.75. The molecule has 2 saturated carbocycles. The number of hydrogen-bond donors (Lipinski definition) is 8. The van der Waals surface area contributed by atoms with Gasteiger partial charge in [-0.1, -0.05) is 0 Å². The number of carboxylic acids is 2. The van der Waals surface area contributed by atoms with Crippen LogP contribution in [0.4, 0.5) is 0 Å². The van der Waals surface area contributed by atoms with Crippen LogP contribution in [-0.4, -0.2) is 219 Å².